The Hall–Kier alpha value is -1.73. The van der Waals surface area contributed by atoms with Crippen LogP contribution in [0.1, 0.15) is 37.5 Å². The van der Waals surface area contributed by atoms with Gasteiger partial charge in [0.15, 0.2) is 5.76 Å². The fourth-order valence-corrected chi connectivity index (χ4v) is 4.16. The van der Waals surface area contributed by atoms with E-state index in [1.165, 1.54) is 5.56 Å². The molecular formula is C21H28N2O4. The van der Waals surface area contributed by atoms with Crippen molar-refractivity contribution in [1.82, 2.24) is 10.1 Å². The highest BCUT2D eigenvalue weighted by atomic mass is 16.5. The van der Waals surface area contributed by atoms with Crippen LogP contribution in [0.2, 0.25) is 0 Å². The van der Waals surface area contributed by atoms with Crippen molar-refractivity contribution in [1.29, 1.82) is 0 Å². The summed E-state index contributed by atoms with van der Waals surface area (Å²) in [5.41, 5.74) is 1.74. The first-order valence-corrected chi connectivity index (χ1v) is 9.65. The lowest BCUT2D eigenvalue weighted by Crippen LogP contribution is -2.59. The van der Waals surface area contributed by atoms with Crippen LogP contribution in [-0.4, -0.2) is 57.3 Å². The molecule has 2 N–H and O–H groups in total. The second kappa shape index (κ2) is 7.02. The Balaban J connectivity index is 1.35. The van der Waals surface area contributed by atoms with Gasteiger partial charge >= 0.3 is 0 Å². The van der Waals surface area contributed by atoms with Gasteiger partial charge in [-0.3, -0.25) is 4.90 Å². The molecule has 27 heavy (non-hydrogen) atoms. The van der Waals surface area contributed by atoms with E-state index in [4.69, 9.17) is 9.26 Å². The number of aliphatic hydroxyl groups is 2. The number of likely N-dealkylation sites (tertiary alicyclic amines) is 1. The summed E-state index contributed by atoms with van der Waals surface area (Å²) in [6.07, 6.45) is 1.36. The van der Waals surface area contributed by atoms with E-state index in [1.807, 2.05) is 6.07 Å². The molecule has 0 unspecified atom stereocenters. The summed E-state index contributed by atoms with van der Waals surface area (Å²) in [4.78, 5) is 2.33. The highest BCUT2D eigenvalue weighted by Gasteiger charge is 2.48. The van der Waals surface area contributed by atoms with Crippen LogP contribution >= 0.6 is 0 Å². The minimum absolute atomic E-state index is 0.203. The van der Waals surface area contributed by atoms with Gasteiger partial charge in [-0.1, -0.05) is 35.0 Å². The van der Waals surface area contributed by atoms with Gasteiger partial charge in [0, 0.05) is 31.1 Å². The molecule has 2 atom stereocenters. The number of benzene rings is 1. The van der Waals surface area contributed by atoms with Crippen LogP contribution in [0.15, 0.2) is 34.9 Å². The molecule has 0 radical (unpaired) electrons. The monoisotopic (exact) mass is 372 g/mol. The Morgan fingerprint density at radius 2 is 1.93 bits per heavy atom. The quantitative estimate of drug-likeness (QED) is 0.862. The van der Waals surface area contributed by atoms with Crippen molar-refractivity contribution in [2.24, 2.45) is 0 Å². The van der Waals surface area contributed by atoms with Crippen LogP contribution < -0.4 is 0 Å². The molecule has 4 rings (SSSR count). The molecule has 0 bridgehead atoms. The molecule has 2 saturated heterocycles. The second-order valence-electron chi connectivity index (χ2n) is 8.36. The van der Waals surface area contributed by atoms with Gasteiger partial charge in [0.05, 0.1) is 24.4 Å². The molecule has 2 aromatic rings. The number of piperidine rings is 1. The van der Waals surface area contributed by atoms with Crippen LogP contribution in [0, 0.1) is 6.92 Å². The minimum Gasteiger partial charge on any atom is -0.388 e. The summed E-state index contributed by atoms with van der Waals surface area (Å²) >= 11 is 0. The third-order valence-electron chi connectivity index (χ3n) is 6.00. The van der Waals surface area contributed by atoms with Crippen LogP contribution in [0.3, 0.4) is 0 Å². The van der Waals surface area contributed by atoms with Gasteiger partial charge in [0.2, 0.25) is 0 Å². The van der Waals surface area contributed by atoms with Crippen molar-refractivity contribution in [3.8, 4) is 11.3 Å². The molecule has 2 fully saturated rings. The zero-order valence-electron chi connectivity index (χ0n) is 16.0. The number of rotatable bonds is 3. The highest BCUT2D eigenvalue weighted by molar-refractivity contribution is 5.59. The van der Waals surface area contributed by atoms with Crippen LogP contribution in [-0.2, 0) is 11.3 Å². The summed E-state index contributed by atoms with van der Waals surface area (Å²) in [5, 5.41) is 24.5. The van der Waals surface area contributed by atoms with Gasteiger partial charge in [-0.2, -0.15) is 0 Å². The Morgan fingerprint density at radius 1 is 1.22 bits per heavy atom. The number of aryl methyl sites for hydroxylation is 1. The molecule has 2 aliphatic rings. The Labute approximate surface area is 159 Å². The van der Waals surface area contributed by atoms with Crippen molar-refractivity contribution in [2.75, 3.05) is 19.7 Å². The summed E-state index contributed by atoms with van der Waals surface area (Å²) in [7, 11) is 0. The Kier molecular flexibility index (Phi) is 4.84. The third-order valence-corrected chi connectivity index (χ3v) is 6.00. The number of hydrogen-bond acceptors (Lipinski definition) is 6. The lowest BCUT2D eigenvalue weighted by molar-refractivity contribution is -0.223. The van der Waals surface area contributed by atoms with E-state index in [0.717, 1.165) is 42.9 Å². The second-order valence-corrected chi connectivity index (χ2v) is 8.36. The molecule has 146 valence electrons. The van der Waals surface area contributed by atoms with Crippen molar-refractivity contribution < 1.29 is 19.5 Å². The van der Waals surface area contributed by atoms with Crippen molar-refractivity contribution in [2.45, 2.75) is 57.0 Å². The standard InChI is InChI=1S/C21H28N2O4/c1-15-3-5-16(6-4-15)18-11-17(27-22-18)12-23-9-7-21(8-10-23)14-20(2,25)19(24)13-26-21/h3-6,11,19,24-25H,7-10,12-14H2,1-2H3/t19-,20-/m0/s1. The predicted molar refractivity (Wildman–Crippen MR) is 101 cm³/mol. The number of hydrogen-bond donors (Lipinski definition) is 2. The molecular weight excluding hydrogens is 344 g/mol. The van der Waals surface area contributed by atoms with E-state index in [9.17, 15) is 10.2 Å². The Morgan fingerprint density at radius 3 is 2.59 bits per heavy atom. The van der Waals surface area contributed by atoms with Crippen LogP contribution in [0.25, 0.3) is 11.3 Å². The zero-order valence-corrected chi connectivity index (χ0v) is 16.0. The van der Waals surface area contributed by atoms with Crippen LogP contribution in [0.5, 0.6) is 0 Å². The van der Waals surface area contributed by atoms with Crippen molar-refractivity contribution in [3.63, 3.8) is 0 Å². The maximum absolute atomic E-state index is 10.4. The van der Waals surface area contributed by atoms with Crippen molar-refractivity contribution in [3.05, 3.63) is 41.7 Å². The summed E-state index contributed by atoms with van der Waals surface area (Å²) in [6.45, 7) is 6.43. The average Bonchev–Trinajstić information content (AvgIpc) is 3.10. The van der Waals surface area contributed by atoms with Crippen molar-refractivity contribution >= 4 is 0 Å². The highest BCUT2D eigenvalue weighted by Crippen LogP contribution is 2.39. The lowest BCUT2D eigenvalue weighted by Gasteiger charge is -2.49. The molecule has 0 aliphatic carbocycles. The molecule has 1 aromatic heterocycles. The normalized spacial score (nSPS) is 28.5. The first kappa shape index (κ1) is 18.6. The summed E-state index contributed by atoms with van der Waals surface area (Å²) < 4.78 is 11.5. The predicted octanol–water partition coefficient (Wildman–Crippen LogP) is 2.52. The first-order chi connectivity index (χ1) is 12.9. The number of nitrogens with zero attached hydrogens (tertiary/aromatic N) is 2. The molecule has 0 amide bonds. The fourth-order valence-electron chi connectivity index (χ4n) is 4.16. The van der Waals surface area contributed by atoms with Gasteiger partial charge in [0.1, 0.15) is 11.8 Å². The number of ether oxygens (including phenoxy) is 1. The maximum atomic E-state index is 10.4. The molecule has 2 aliphatic heterocycles. The largest absolute Gasteiger partial charge is 0.388 e. The van der Waals surface area contributed by atoms with Gasteiger partial charge in [-0.25, -0.2) is 0 Å². The average molecular weight is 372 g/mol. The molecule has 1 spiro atoms. The van der Waals surface area contributed by atoms with E-state index in [1.54, 1.807) is 6.92 Å². The Bertz CT molecular complexity index is 776. The first-order valence-electron chi connectivity index (χ1n) is 9.65. The number of aromatic nitrogens is 1. The molecule has 1 aromatic carbocycles. The van der Waals surface area contributed by atoms with E-state index in [0.29, 0.717) is 13.0 Å². The van der Waals surface area contributed by atoms with Gasteiger partial charge < -0.3 is 19.5 Å². The van der Waals surface area contributed by atoms with Gasteiger partial charge in [-0.15, -0.1) is 0 Å². The van der Waals surface area contributed by atoms with E-state index in [-0.39, 0.29) is 12.2 Å². The molecule has 0 saturated carbocycles. The van der Waals surface area contributed by atoms with Gasteiger partial charge in [-0.05, 0) is 26.7 Å². The minimum atomic E-state index is -1.08. The molecule has 6 nitrogen and oxygen atoms in total. The van der Waals surface area contributed by atoms with E-state index >= 15 is 0 Å². The summed E-state index contributed by atoms with van der Waals surface area (Å²) in [6, 6.07) is 10.3. The lowest BCUT2D eigenvalue weighted by atomic mass is 9.76. The molecule has 6 heteroatoms. The topological polar surface area (TPSA) is 79.0 Å². The SMILES string of the molecule is Cc1ccc(-c2cc(CN3CCC4(CC3)C[C@](C)(O)[C@@H](O)CO4)on2)cc1. The number of aliphatic hydroxyl groups excluding tert-OH is 1. The smallest absolute Gasteiger partial charge is 0.151 e. The molecule has 3 heterocycles. The van der Waals surface area contributed by atoms with E-state index in [2.05, 4.69) is 41.2 Å². The maximum Gasteiger partial charge on any atom is 0.151 e. The third kappa shape index (κ3) is 3.94. The summed E-state index contributed by atoms with van der Waals surface area (Å²) in [5.74, 6) is 0.855. The van der Waals surface area contributed by atoms with Gasteiger partial charge in [0.25, 0.3) is 0 Å². The zero-order chi connectivity index (χ0) is 19.1. The van der Waals surface area contributed by atoms with E-state index < -0.39 is 11.7 Å². The van der Waals surface area contributed by atoms with Crippen LogP contribution in [0.4, 0.5) is 0 Å². The fraction of sp³-hybridized carbons (Fsp3) is 0.571.